The molecule has 0 aliphatic carbocycles. The largest absolute Gasteiger partial charge is 0.444 e. The van der Waals surface area contributed by atoms with E-state index in [9.17, 15) is 4.79 Å². The smallest absolute Gasteiger partial charge is 0.407 e. The number of hydrogen-bond donors (Lipinski definition) is 2. The number of anilines is 1. The Morgan fingerprint density at radius 2 is 2.10 bits per heavy atom. The molecule has 0 aliphatic heterocycles. The molecule has 20 heavy (non-hydrogen) atoms. The topological polar surface area (TPSA) is 63.2 Å². The molecule has 2 N–H and O–H groups in total. The van der Waals surface area contributed by atoms with Crippen molar-refractivity contribution in [2.45, 2.75) is 33.3 Å². The van der Waals surface area contributed by atoms with Crippen LogP contribution in [0.4, 0.5) is 10.6 Å². The third kappa shape index (κ3) is 7.33. The number of alkyl carbamates (subject to hydrolysis) is 1. The van der Waals surface area contributed by atoms with Gasteiger partial charge in [-0.1, -0.05) is 6.92 Å². The van der Waals surface area contributed by atoms with Gasteiger partial charge in [0.2, 0.25) is 0 Å². The Morgan fingerprint density at radius 1 is 1.40 bits per heavy atom. The summed E-state index contributed by atoms with van der Waals surface area (Å²) >= 11 is 3.34. The van der Waals surface area contributed by atoms with Gasteiger partial charge < -0.3 is 15.4 Å². The Bertz CT molecular complexity index is 429. The molecule has 0 aromatic carbocycles. The number of nitrogens with zero attached hydrogens (tertiary/aromatic N) is 1. The van der Waals surface area contributed by atoms with E-state index in [1.165, 1.54) is 0 Å². The Balaban J connectivity index is 2.25. The number of pyridine rings is 1. The first-order valence-electron chi connectivity index (χ1n) is 6.58. The van der Waals surface area contributed by atoms with E-state index in [0.29, 0.717) is 6.54 Å². The highest BCUT2D eigenvalue weighted by molar-refractivity contribution is 9.10. The molecule has 1 rings (SSSR count). The van der Waals surface area contributed by atoms with Crippen molar-refractivity contribution < 1.29 is 9.53 Å². The molecule has 6 heteroatoms. The van der Waals surface area contributed by atoms with Crippen molar-refractivity contribution in [3.05, 3.63) is 22.8 Å². The van der Waals surface area contributed by atoms with Gasteiger partial charge in [-0.05, 0) is 54.8 Å². The average Bonchev–Trinajstić information content (AvgIpc) is 2.33. The summed E-state index contributed by atoms with van der Waals surface area (Å²) in [5.74, 6) is 1.09. The van der Waals surface area contributed by atoms with Crippen molar-refractivity contribution >= 4 is 27.8 Å². The van der Waals surface area contributed by atoms with Gasteiger partial charge in [-0.25, -0.2) is 9.78 Å². The van der Waals surface area contributed by atoms with Gasteiger partial charge in [-0.2, -0.15) is 0 Å². The van der Waals surface area contributed by atoms with Crippen LogP contribution in [0.3, 0.4) is 0 Å². The zero-order chi connectivity index (χ0) is 15.2. The van der Waals surface area contributed by atoms with Gasteiger partial charge in [0.15, 0.2) is 0 Å². The quantitative estimate of drug-likeness (QED) is 0.859. The fourth-order valence-corrected chi connectivity index (χ4v) is 1.64. The van der Waals surface area contributed by atoms with Gasteiger partial charge in [0.05, 0.1) is 0 Å². The highest BCUT2D eigenvalue weighted by Gasteiger charge is 2.16. The molecule has 112 valence electrons. The second-order valence-electron chi connectivity index (χ2n) is 5.73. The molecule has 1 unspecified atom stereocenters. The van der Waals surface area contributed by atoms with Crippen LogP contribution in [-0.2, 0) is 4.74 Å². The number of hydrogen-bond acceptors (Lipinski definition) is 4. The van der Waals surface area contributed by atoms with Crippen LogP contribution in [0.15, 0.2) is 22.8 Å². The maximum atomic E-state index is 11.5. The van der Waals surface area contributed by atoms with Gasteiger partial charge in [0.25, 0.3) is 0 Å². The Kier molecular flexibility index (Phi) is 6.26. The summed E-state index contributed by atoms with van der Waals surface area (Å²) in [6.07, 6.45) is 1.36. The Labute approximate surface area is 128 Å². The van der Waals surface area contributed by atoms with E-state index in [2.05, 4.69) is 31.5 Å². The summed E-state index contributed by atoms with van der Waals surface area (Å²) in [7, 11) is 0. The first-order chi connectivity index (χ1) is 9.26. The Hall–Kier alpha value is -1.30. The van der Waals surface area contributed by atoms with Crippen LogP contribution in [0.25, 0.3) is 0 Å². The molecule has 0 bridgehead atoms. The number of halogens is 1. The highest BCUT2D eigenvalue weighted by Crippen LogP contribution is 2.11. The zero-order valence-corrected chi connectivity index (χ0v) is 14.0. The van der Waals surface area contributed by atoms with E-state index < -0.39 is 5.60 Å². The lowest BCUT2D eigenvalue weighted by atomic mass is 10.2. The fraction of sp³-hybridized carbons (Fsp3) is 0.571. The summed E-state index contributed by atoms with van der Waals surface area (Å²) in [4.78, 5) is 15.7. The predicted molar refractivity (Wildman–Crippen MR) is 83.8 cm³/mol. The lowest BCUT2D eigenvalue weighted by Crippen LogP contribution is -2.36. The van der Waals surface area contributed by atoms with Crippen LogP contribution >= 0.6 is 15.9 Å². The van der Waals surface area contributed by atoms with Crippen molar-refractivity contribution in [2.24, 2.45) is 5.92 Å². The first-order valence-corrected chi connectivity index (χ1v) is 7.38. The summed E-state index contributed by atoms with van der Waals surface area (Å²) in [5.41, 5.74) is -0.465. The molecule has 1 atom stereocenters. The molecule has 1 amide bonds. The second kappa shape index (κ2) is 7.47. The van der Waals surface area contributed by atoms with Crippen LogP contribution in [-0.4, -0.2) is 29.8 Å². The van der Waals surface area contributed by atoms with E-state index in [1.807, 2.05) is 39.8 Å². The van der Waals surface area contributed by atoms with E-state index >= 15 is 0 Å². The maximum absolute atomic E-state index is 11.5. The van der Waals surface area contributed by atoms with Crippen molar-refractivity contribution in [3.8, 4) is 0 Å². The molecule has 1 heterocycles. The molecular formula is C14H22BrN3O2. The number of amides is 1. The van der Waals surface area contributed by atoms with Crippen LogP contribution in [0.2, 0.25) is 0 Å². The zero-order valence-electron chi connectivity index (χ0n) is 12.4. The molecule has 1 aromatic heterocycles. The minimum atomic E-state index is -0.465. The van der Waals surface area contributed by atoms with E-state index in [0.717, 1.165) is 16.8 Å². The predicted octanol–water partition coefficient (Wildman–Crippen LogP) is 3.42. The van der Waals surface area contributed by atoms with E-state index in [-0.39, 0.29) is 12.0 Å². The molecule has 0 saturated heterocycles. The molecule has 0 fully saturated rings. The molecule has 1 aromatic rings. The number of ether oxygens (including phenoxy) is 1. The molecular weight excluding hydrogens is 322 g/mol. The molecule has 0 radical (unpaired) electrons. The highest BCUT2D eigenvalue weighted by atomic mass is 79.9. The minimum Gasteiger partial charge on any atom is -0.444 e. The molecule has 5 nitrogen and oxygen atoms in total. The van der Waals surface area contributed by atoms with Crippen molar-refractivity contribution in [2.75, 3.05) is 18.4 Å². The number of rotatable bonds is 5. The summed E-state index contributed by atoms with van der Waals surface area (Å²) < 4.78 is 6.12. The summed E-state index contributed by atoms with van der Waals surface area (Å²) in [5, 5.41) is 5.97. The van der Waals surface area contributed by atoms with Crippen LogP contribution < -0.4 is 10.6 Å². The lowest BCUT2D eigenvalue weighted by Gasteiger charge is -2.21. The van der Waals surface area contributed by atoms with Crippen molar-refractivity contribution in [3.63, 3.8) is 0 Å². The van der Waals surface area contributed by atoms with Gasteiger partial charge in [-0.3, -0.25) is 0 Å². The third-order valence-electron chi connectivity index (χ3n) is 2.35. The van der Waals surface area contributed by atoms with Crippen LogP contribution in [0.5, 0.6) is 0 Å². The number of aromatic nitrogens is 1. The van der Waals surface area contributed by atoms with E-state index in [1.54, 1.807) is 6.20 Å². The first kappa shape index (κ1) is 16.8. The fourth-order valence-electron chi connectivity index (χ4n) is 1.40. The SMILES string of the molecule is CC(CNC(=O)OC(C)(C)C)CNc1ccc(Br)cn1. The van der Waals surface area contributed by atoms with Crippen molar-refractivity contribution in [1.29, 1.82) is 0 Å². The van der Waals surface area contributed by atoms with Gasteiger partial charge in [0, 0.05) is 23.8 Å². The standard InChI is InChI=1S/C14H22BrN3O2/c1-10(8-18-13(19)20-14(2,3)4)7-16-12-6-5-11(15)9-17-12/h5-6,9-10H,7-8H2,1-4H3,(H,16,17)(H,18,19). The summed E-state index contributed by atoms with van der Waals surface area (Å²) in [6, 6.07) is 3.83. The van der Waals surface area contributed by atoms with Gasteiger partial charge in [-0.15, -0.1) is 0 Å². The van der Waals surface area contributed by atoms with Gasteiger partial charge in [0.1, 0.15) is 11.4 Å². The lowest BCUT2D eigenvalue weighted by molar-refractivity contribution is 0.0521. The normalized spacial score (nSPS) is 12.7. The third-order valence-corrected chi connectivity index (χ3v) is 2.82. The molecule has 0 aliphatic rings. The monoisotopic (exact) mass is 343 g/mol. The molecule has 0 spiro atoms. The van der Waals surface area contributed by atoms with Crippen LogP contribution in [0, 0.1) is 5.92 Å². The number of nitrogens with one attached hydrogen (secondary N) is 2. The van der Waals surface area contributed by atoms with Gasteiger partial charge >= 0.3 is 6.09 Å². The van der Waals surface area contributed by atoms with E-state index in [4.69, 9.17) is 4.74 Å². The average molecular weight is 344 g/mol. The Morgan fingerprint density at radius 3 is 2.65 bits per heavy atom. The summed E-state index contributed by atoms with van der Waals surface area (Å²) in [6.45, 7) is 8.86. The minimum absolute atomic E-state index is 0.271. The number of carbonyl (C=O) groups excluding carboxylic acids is 1. The number of carbonyl (C=O) groups is 1. The molecule has 0 saturated carbocycles. The van der Waals surface area contributed by atoms with Crippen LogP contribution in [0.1, 0.15) is 27.7 Å². The van der Waals surface area contributed by atoms with Crippen molar-refractivity contribution in [1.82, 2.24) is 10.3 Å². The second-order valence-corrected chi connectivity index (χ2v) is 6.65. The maximum Gasteiger partial charge on any atom is 0.407 e.